The number of benzene rings is 1. The van der Waals surface area contributed by atoms with Gasteiger partial charge in [-0.15, -0.1) is 0 Å². The maximum atomic E-state index is 10.9. The summed E-state index contributed by atoms with van der Waals surface area (Å²) in [4.78, 5) is 10.9. The molecule has 1 aliphatic rings. The number of aromatic carboxylic acids is 1. The van der Waals surface area contributed by atoms with Gasteiger partial charge in [0.2, 0.25) is 0 Å². The largest absolute Gasteiger partial charge is 0.478 e. The first kappa shape index (κ1) is 8.30. The molecule has 1 aromatic rings. The summed E-state index contributed by atoms with van der Waals surface area (Å²) in [6.07, 6.45) is 3.06. The van der Waals surface area contributed by atoms with E-state index in [9.17, 15) is 4.79 Å². The molecule has 2 nitrogen and oxygen atoms in total. The molecule has 2 rings (SSSR count). The molecule has 2 heteroatoms. The first-order chi connectivity index (χ1) is 6.18. The zero-order valence-corrected chi connectivity index (χ0v) is 7.63. The Bertz CT molecular complexity index is 367. The lowest BCUT2D eigenvalue weighted by Gasteiger charge is -2.05. The van der Waals surface area contributed by atoms with Crippen molar-refractivity contribution in [2.24, 2.45) is 0 Å². The standard InChI is InChI=1S/C11H12O2/c1-7-5-8-3-2-4-9(8)10(6-7)11(12)13/h5-6H,2-4H2,1H3,(H,12,13). The van der Waals surface area contributed by atoms with Crippen LogP contribution in [0.5, 0.6) is 0 Å². The van der Waals surface area contributed by atoms with Crippen molar-refractivity contribution in [2.45, 2.75) is 26.2 Å². The van der Waals surface area contributed by atoms with Gasteiger partial charge in [-0.2, -0.15) is 0 Å². The van der Waals surface area contributed by atoms with E-state index in [1.165, 1.54) is 5.56 Å². The summed E-state index contributed by atoms with van der Waals surface area (Å²) < 4.78 is 0. The molecule has 13 heavy (non-hydrogen) atoms. The predicted molar refractivity (Wildman–Crippen MR) is 50.2 cm³/mol. The molecule has 0 saturated heterocycles. The maximum Gasteiger partial charge on any atom is 0.335 e. The highest BCUT2D eigenvalue weighted by molar-refractivity contribution is 5.90. The van der Waals surface area contributed by atoms with Crippen molar-refractivity contribution in [3.05, 3.63) is 34.4 Å². The van der Waals surface area contributed by atoms with Crippen LogP contribution in [0.25, 0.3) is 0 Å². The van der Waals surface area contributed by atoms with Crippen LogP contribution in [0.4, 0.5) is 0 Å². The lowest BCUT2D eigenvalue weighted by molar-refractivity contribution is 0.0695. The quantitative estimate of drug-likeness (QED) is 0.712. The molecule has 0 unspecified atom stereocenters. The van der Waals surface area contributed by atoms with Gasteiger partial charge in [0.25, 0.3) is 0 Å². The lowest BCUT2D eigenvalue weighted by Crippen LogP contribution is -2.02. The highest BCUT2D eigenvalue weighted by atomic mass is 16.4. The van der Waals surface area contributed by atoms with Gasteiger partial charge in [0, 0.05) is 0 Å². The molecular weight excluding hydrogens is 164 g/mol. The van der Waals surface area contributed by atoms with Crippen LogP contribution < -0.4 is 0 Å². The topological polar surface area (TPSA) is 37.3 Å². The highest BCUT2D eigenvalue weighted by Gasteiger charge is 2.18. The fourth-order valence-electron chi connectivity index (χ4n) is 2.06. The van der Waals surface area contributed by atoms with E-state index in [4.69, 9.17) is 5.11 Å². The fraction of sp³-hybridized carbons (Fsp3) is 0.364. The molecule has 0 aliphatic heterocycles. The molecule has 0 atom stereocenters. The smallest absolute Gasteiger partial charge is 0.335 e. The van der Waals surface area contributed by atoms with E-state index in [1.54, 1.807) is 6.07 Å². The SMILES string of the molecule is Cc1cc2c(c(C(=O)O)c1)CCC2. The Morgan fingerprint density at radius 2 is 2.15 bits per heavy atom. The highest BCUT2D eigenvalue weighted by Crippen LogP contribution is 2.26. The Morgan fingerprint density at radius 3 is 2.85 bits per heavy atom. The summed E-state index contributed by atoms with van der Waals surface area (Å²) in [6, 6.07) is 3.88. The van der Waals surface area contributed by atoms with Crippen molar-refractivity contribution in [2.75, 3.05) is 0 Å². The number of aryl methyl sites for hydroxylation is 2. The van der Waals surface area contributed by atoms with Crippen molar-refractivity contribution >= 4 is 5.97 Å². The molecule has 0 fully saturated rings. The monoisotopic (exact) mass is 176 g/mol. The fourth-order valence-corrected chi connectivity index (χ4v) is 2.06. The summed E-state index contributed by atoms with van der Waals surface area (Å²) in [5.41, 5.74) is 3.85. The molecular formula is C11H12O2. The molecule has 0 amide bonds. The van der Waals surface area contributed by atoms with E-state index < -0.39 is 5.97 Å². The molecule has 0 spiro atoms. The second-order valence-corrected chi connectivity index (χ2v) is 3.61. The number of hydrogen-bond acceptors (Lipinski definition) is 1. The third-order valence-corrected chi connectivity index (χ3v) is 2.59. The minimum absolute atomic E-state index is 0.507. The van der Waals surface area contributed by atoms with Crippen LogP contribution in [0.15, 0.2) is 12.1 Å². The number of carboxylic acids is 1. The first-order valence-corrected chi connectivity index (χ1v) is 4.54. The van der Waals surface area contributed by atoms with Crippen molar-refractivity contribution in [3.63, 3.8) is 0 Å². The van der Waals surface area contributed by atoms with E-state index in [0.29, 0.717) is 5.56 Å². The zero-order chi connectivity index (χ0) is 9.42. The second-order valence-electron chi connectivity index (χ2n) is 3.61. The molecule has 68 valence electrons. The normalized spacial score (nSPS) is 14.2. The van der Waals surface area contributed by atoms with Crippen molar-refractivity contribution in [1.82, 2.24) is 0 Å². The van der Waals surface area contributed by atoms with E-state index >= 15 is 0 Å². The van der Waals surface area contributed by atoms with Crippen molar-refractivity contribution in [3.8, 4) is 0 Å². The molecule has 0 radical (unpaired) electrons. The number of fused-ring (bicyclic) bond motifs is 1. The van der Waals surface area contributed by atoms with Gasteiger partial charge < -0.3 is 5.11 Å². The van der Waals surface area contributed by atoms with Gasteiger partial charge in [-0.1, -0.05) is 6.07 Å². The average Bonchev–Trinajstić information content (AvgIpc) is 2.49. The molecule has 1 aliphatic carbocycles. The zero-order valence-electron chi connectivity index (χ0n) is 7.63. The van der Waals surface area contributed by atoms with E-state index in [1.807, 2.05) is 6.92 Å². The molecule has 0 aromatic heterocycles. The third kappa shape index (κ3) is 1.32. The molecule has 1 N–H and O–H groups in total. The van der Waals surface area contributed by atoms with Crippen LogP contribution in [0, 0.1) is 6.92 Å². The van der Waals surface area contributed by atoms with Gasteiger partial charge in [-0.05, 0) is 48.9 Å². The van der Waals surface area contributed by atoms with E-state index in [0.717, 1.165) is 30.4 Å². The van der Waals surface area contributed by atoms with E-state index in [-0.39, 0.29) is 0 Å². The van der Waals surface area contributed by atoms with Gasteiger partial charge in [0.05, 0.1) is 5.56 Å². The Balaban J connectivity index is 2.62. The molecule has 0 heterocycles. The number of carbonyl (C=O) groups is 1. The Morgan fingerprint density at radius 1 is 1.38 bits per heavy atom. The van der Waals surface area contributed by atoms with Crippen LogP contribution in [-0.2, 0) is 12.8 Å². The summed E-state index contributed by atoms with van der Waals surface area (Å²) in [6.45, 7) is 1.95. The van der Waals surface area contributed by atoms with E-state index in [2.05, 4.69) is 6.07 Å². The van der Waals surface area contributed by atoms with Crippen molar-refractivity contribution in [1.29, 1.82) is 0 Å². The minimum Gasteiger partial charge on any atom is -0.478 e. The Hall–Kier alpha value is -1.31. The average molecular weight is 176 g/mol. The van der Waals surface area contributed by atoms with Gasteiger partial charge in [-0.25, -0.2) is 4.79 Å². The first-order valence-electron chi connectivity index (χ1n) is 4.54. The molecule has 0 saturated carbocycles. The van der Waals surface area contributed by atoms with Gasteiger partial charge in [0.15, 0.2) is 0 Å². The van der Waals surface area contributed by atoms with Crippen LogP contribution in [0.3, 0.4) is 0 Å². The summed E-state index contributed by atoms with van der Waals surface area (Å²) in [7, 11) is 0. The molecule has 0 bridgehead atoms. The maximum absolute atomic E-state index is 10.9. The van der Waals surface area contributed by atoms with Crippen LogP contribution in [-0.4, -0.2) is 11.1 Å². The number of carboxylic acid groups (broad SMARTS) is 1. The van der Waals surface area contributed by atoms with Crippen LogP contribution >= 0.6 is 0 Å². The molecule has 1 aromatic carbocycles. The summed E-state index contributed by atoms with van der Waals surface area (Å²) in [5.74, 6) is -0.790. The van der Waals surface area contributed by atoms with Gasteiger partial charge >= 0.3 is 5.97 Å². The number of hydrogen-bond donors (Lipinski definition) is 1. The minimum atomic E-state index is -0.790. The Kier molecular flexibility index (Phi) is 1.83. The van der Waals surface area contributed by atoms with Gasteiger partial charge in [0.1, 0.15) is 0 Å². The second kappa shape index (κ2) is 2.87. The van der Waals surface area contributed by atoms with Gasteiger partial charge in [-0.3, -0.25) is 0 Å². The Labute approximate surface area is 77.2 Å². The third-order valence-electron chi connectivity index (χ3n) is 2.59. The number of rotatable bonds is 1. The lowest BCUT2D eigenvalue weighted by atomic mass is 10.0. The summed E-state index contributed by atoms with van der Waals surface area (Å²) in [5, 5.41) is 8.97. The van der Waals surface area contributed by atoms with Crippen LogP contribution in [0.1, 0.15) is 33.5 Å². The predicted octanol–water partition coefficient (Wildman–Crippen LogP) is 2.18. The summed E-state index contributed by atoms with van der Waals surface area (Å²) >= 11 is 0. The van der Waals surface area contributed by atoms with Crippen molar-refractivity contribution < 1.29 is 9.90 Å². The van der Waals surface area contributed by atoms with Crippen LogP contribution in [0.2, 0.25) is 0 Å².